The largest absolute Gasteiger partial charge is 0.422 e. The van der Waals surface area contributed by atoms with Gasteiger partial charge in [0.2, 0.25) is 0 Å². The summed E-state index contributed by atoms with van der Waals surface area (Å²) in [4.78, 5) is 19.3. The van der Waals surface area contributed by atoms with Gasteiger partial charge in [-0.3, -0.25) is 4.98 Å². The molecule has 0 aliphatic carbocycles. The maximum absolute atomic E-state index is 11.6. The van der Waals surface area contributed by atoms with Crippen LogP contribution in [0.1, 0.15) is 16.1 Å². The zero-order valence-electron chi connectivity index (χ0n) is 9.04. The predicted molar refractivity (Wildman–Crippen MR) is 61.3 cm³/mol. The summed E-state index contributed by atoms with van der Waals surface area (Å²) in [6.07, 6.45) is 4.29. The van der Waals surface area contributed by atoms with Crippen LogP contribution in [0.25, 0.3) is 0 Å². The first-order valence-electron chi connectivity index (χ1n) is 5.07. The van der Waals surface area contributed by atoms with Crippen LogP contribution >= 0.6 is 0 Å². The highest BCUT2D eigenvalue weighted by atomic mass is 16.5. The van der Waals surface area contributed by atoms with E-state index >= 15 is 0 Å². The second-order valence-corrected chi connectivity index (χ2v) is 3.33. The average molecular weight is 229 g/mol. The number of rotatable bonds is 3. The van der Waals surface area contributed by atoms with Crippen LogP contribution in [0.4, 0.5) is 0 Å². The van der Waals surface area contributed by atoms with Gasteiger partial charge in [0.05, 0.1) is 6.20 Å². The molecule has 0 aliphatic heterocycles. The molecule has 0 saturated carbocycles. The summed E-state index contributed by atoms with van der Waals surface area (Å²) >= 11 is 0. The molecule has 0 amide bonds. The van der Waals surface area contributed by atoms with Gasteiger partial charge in [0.25, 0.3) is 0 Å². The van der Waals surface area contributed by atoms with Crippen molar-refractivity contribution in [2.24, 2.45) is 5.73 Å². The Labute approximate surface area is 98.3 Å². The van der Waals surface area contributed by atoms with Crippen LogP contribution in [0.2, 0.25) is 0 Å². The summed E-state index contributed by atoms with van der Waals surface area (Å²) in [6.45, 7) is 0.457. The van der Waals surface area contributed by atoms with E-state index in [0.29, 0.717) is 12.3 Å². The van der Waals surface area contributed by atoms with Crippen molar-refractivity contribution < 1.29 is 9.53 Å². The highest BCUT2D eigenvalue weighted by Crippen LogP contribution is 2.13. The summed E-state index contributed by atoms with van der Waals surface area (Å²) in [5.74, 6) is -0.0727. The van der Waals surface area contributed by atoms with Gasteiger partial charge in [-0.2, -0.15) is 0 Å². The van der Waals surface area contributed by atoms with E-state index < -0.39 is 5.97 Å². The first-order chi connectivity index (χ1) is 8.29. The Hall–Kier alpha value is -2.27. The van der Waals surface area contributed by atoms with Crippen LogP contribution in [-0.4, -0.2) is 15.9 Å². The Morgan fingerprint density at radius 3 is 2.59 bits per heavy atom. The van der Waals surface area contributed by atoms with Gasteiger partial charge in [0, 0.05) is 18.9 Å². The van der Waals surface area contributed by atoms with Crippen molar-refractivity contribution in [1.82, 2.24) is 9.97 Å². The molecule has 2 aromatic rings. The Kier molecular flexibility index (Phi) is 3.42. The van der Waals surface area contributed by atoms with Crippen LogP contribution < -0.4 is 10.5 Å². The third kappa shape index (κ3) is 2.85. The molecule has 0 bridgehead atoms. The number of hydrogen-bond acceptors (Lipinski definition) is 5. The lowest BCUT2D eigenvalue weighted by Gasteiger charge is -2.03. The van der Waals surface area contributed by atoms with E-state index in [1.807, 2.05) is 0 Å². The van der Waals surface area contributed by atoms with E-state index in [4.69, 9.17) is 10.5 Å². The Balaban J connectivity index is 2.08. The summed E-state index contributed by atoms with van der Waals surface area (Å²) in [5, 5.41) is 0. The van der Waals surface area contributed by atoms with Gasteiger partial charge < -0.3 is 10.5 Å². The zero-order chi connectivity index (χ0) is 12.1. The Morgan fingerprint density at radius 1 is 1.24 bits per heavy atom. The average Bonchev–Trinajstić information content (AvgIpc) is 2.40. The molecule has 2 N–H and O–H groups in total. The van der Waals surface area contributed by atoms with Crippen LogP contribution in [0.3, 0.4) is 0 Å². The van der Waals surface area contributed by atoms with E-state index in [-0.39, 0.29) is 5.69 Å². The molecule has 0 fully saturated rings. The fraction of sp³-hybridized carbons (Fsp3) is 0.0833. The lowest BCUT2D eigenvalue weighted by Crippen LogP contribution is -2.10. The van der Waals surface area contributed by atoms with Gasteiger partial charge in [-0.1, -0.05) is 12.1 Å². The summed E-state index contributed by atoms with van der Waals surface area (Å²) in [6, 6.07) is 6.99. The molecular formula is C12H11N3O2. The molecule has 1 aromatic heterocycles. The van der Waals surface area contributed by atoms with Gasteiger partial charge in [-0.15, -0.1) is 0 Å². The van der Waals surface area contributed by atoms with Crippen molar-refractivity contribution >= 4 is 5.97 Å². The van der Waals surface area contributed by atoms with E-state index in [0.717, 1.165) is 5.56 Å². The minimum atomic E-state index is -0.529. The van der Waals surface area contributed by atoms with E-state index in [9.17, 15) is 4.79 Å². The third-order valence-electron chi connectivity index (χ3n) is 2.14. The van der Waals surface area contributed by atoms with Crippen LogP contribution in [-0.2, 0) is 6.54 Å². The molecule has 1 aromatic carbocycles. The number of benzene rings is 1. The second-order valence-electron chi connectivity index (χ2n) is 3.33. The number of carbonyl (C=O) groups is 1. The van der Waals surface area contributed by atoms with Gasteiger partial charge >= 0.3 is 5.97 Å². The van der Waals surface area contributed by atoms with Crippen LogP contribution in [0.5, 0.6) is 5.75 Å². The molecule has 0 radical (unpaired) electrons. The first-order valence-corrected chi connectivity index (χ1v) is 5.07. The molecule has 0 spiro atoms. The van der Waals surface area contributed by atoms with Crippen molar-refractivity contribution in [3.63, 3.8) is 0 Å². The Bertz CT molecular complexity index is 497. The molecular weight excluding hydrogens is 218 g/mol. The van der Waals surface area contributed by atoms with Crippen LogP contribution in [0, 0.1) is 0 Å². The van der Waals surface area contributed by atoms with E-state index in [2.05, 4.69) is 9.97 Å². The summed E-state index contributed by atoms with van der Waals surface area (Å²) in [5.41, 5.74) is 6.62. The SMILES string of the molecule is NCc1ccc(OC(=O)c2cnccn2)cc1. The lowest BCUT2D eigenvalue weighted by atomic mass is 10.2. The second kappa shape index (κ2) is 5.18. The molecule has 0 aliphatic rings. The molecule has 0 atom stereocenters. The minimum Gasteiger partial charge on any atom is -0.422 e. The maximum Gasteiger partial charge on any atom is 0.363 e. The lowest BCUT2D eigenvalue weighted by molar-refractivity contribution is 0.0728. The standard InChI is InChI=1S/C12H11N3O2/c13-7-9-1-3-10(4-2-9)17-12(16)11-8-14-5-6-15-11/h1-6,8H,7,13H2. The van der Waals surface area contributed by atoms with Gasteiger partial charge in [0.1, 0.15) is 5.75 Å². The third-order valence-corrected chi connectivity index (χ3v) is 2.14. The summed E-state index contributed by atoms with van der Waals surface area (Å²) < 4.78 is 5.12. The normalized spacial score (nSPS) is 9.94. The van der Waals surface area contributed by atoms with E-state index in [1.54, 1.807) is 24.3 Å². The number of aromatic nitrogens is 2. The molecule has 86 valence electrons. The molecule has 0 unspecified atom stereocenters. The first kappa shape index (κ1) is 11.2. The number of nitrogens with two attached hydrogens (primary N) is 1. The number of ether oxygens (including phenoxy) is 1. The zero-order valence-corrected chi connectivity index (χ0v) is 9.04. The minimum absolute atomic E-state index is 0.176. The van der Waals surface area contributed by atoms with Crippen LogP contribution in [0.15, 0.2) is 42.9 Å². The molecule has 5 nitrogen and oxygen atoms in total. The van der Waals surface area contributed by atoms with Crippen molar-refractivity contribution in [2.75, 3.05) is 0 Å². The number of hydrogen-bond donors (Lipinski definition) is 1. The molecule has 17 heavy (non-hydrogen) atoms. The fourth-order valence-corrected chi connectivity index (χ4v) is 1.26. The quantitative estimate of drug-likeness (QED) is 0.631. The van der Waals surface area contributed by atoms with Gasteiger partial charge in [-0.25, -0.2) is 9.78 Å². The van der Waals surface area contributed by atoms with Crippen molar-refractivity contribution in [3.05, 3.63) is 54.1 Å². The molecule has 5 heteroatoms. The van der Waals surface area contributed by atoms with Crippen molar-refractivity contribution in [3.8, 4) is 5.75 Å². The molecule has 2 rings (SSSR count). The number of carbonyl (C=O) groups excluding carboxylic acids is 1. The summed E-state index contributed by atoms with van der Waals surface area (Å²) in [7, 11) is 0. The topological polar surface area (TPSA) is 78.1 Å². The molecule has 0 saturated heterocycles. The Morgan fingerprint density at radius 2 is 2.00 bits per heavy atom. The highest BCUT2D eigenvalue weighted by molar-refractivity contribution is 5.88. The van der Waals surface area contributed by atoms with Crippen molar-refractivity contribution in [2.45, 2.75) is 6.54 Å². The molecule has 1 heterocycles. The smallest absolute Gasteiger partial charge is 0.363 e. The van der Waals surface area contributed by atoms with E-state index in [1.165, 1.54) is 18.6 Å². The predicted octanol–water partition coefficient (Wildman–Crippen LogP) is 1.15. The highest BCUT2D eigenvalue weighted by Gasteiger charge is 2.09. The number of esters is 1. The van der Waals surface area contributed by atoms with Crippen molar-refractivity contribution in [1.29, 1.82) is 0 Å². The maximum atomic E-state index is 11.6. The van der Waals surface area contributed by atoms with Gasteiger partial charge in [0.15, 0.2) is 5.69 Å². The number of nitrogens with zero attached hydrogens (tertiary/aromatic N) is 2. The fourth-order valence-electron chi connectivity index (χ4n) is 1.26. The monoisotopic (exact) mass is 229 g/mol. The van der Waals surface area contributed by atoms with Gasteiger partial charge in [-0.05, 0) is 17.7 Å².